The molecule has 0 saturated heterocycles. The average Bonchev–Trinajstić information content (AvgIpc) is 2.15. The summed E-state index contributed by atoms with van der Waals surface area (Å²) < 4.78 is 0. The smallest absolute Gasteiger partial charge is 0.0839 e. The second-order valence-corrected chi connectivity index (χ2v) is 3.05. The molecule has 1 aromatic carbocycles. The Morgan fingerprint density at radius 2 is 2.08 bits per heavy atom. The normalized spacial score (nSPS) is 8.83. The fourth-order valence-electron chi connectivity index (χ4n) is 0.887. The Balaban J connectivity index is 2.97. The Hall–Kier alpha value is -0.450. The molecule has 0 spiro atoms. The van der Waals surface area contributed by atoms with Crippen LogP contribution in [0.4, 0.5) is 0 Å². The van der Waals surface area contributed by atoms with Gasteiger partial charge in [-0.25, -0.2) is 0 Å². The highest BCUT2D eigenvalue weighted by atomic mass is 79.9. The van der Waals surface area contributed by atoms with Crippen molar-refractivity contribution >= 4 is 27.5 Å². The van der Waals surface area contributed by atoms with Crippen molar-refractivity contribution in [2.24, 2.45) is 0 Å². The maximum Gasteiger partial charge on any atom is 0.0839 e. The molecule has 2 heteroatoms. The molecule has 12 heavy (non-hydrogen) atoms. The van der Waals surface area contributed by atoms with Gasteiger partial charge in [-0.1, -0.05) is 46.0 Å². The highest BCUT2D eigenvalue weighted by molar-refractivity contribution is 9.08. The zero-order valence-electron chi connectivity index (χ0n) is 6.48. The molecule has 0 aliphatic rings. The number of alkyl halides is 2. The van der Waals surface area contributed by atoms with Crippen molar-refractivity contribution in [3.8, 4) is 11.8 Å². The molecule has 0 unspecified atom stereocenters. The third-order valence-corrected chi connectivity index (χ3v) is 2.19. The van der Waals surface area contributed by atoms with Gasteiger partial charge >= 0.3 is 0 Å². The molecule has 0 aromatic heterocycles. The molecule has 0 aliphatic heterocycles. The van der Waals surface area contributed by atoms with E-state index in [9.17, 15) is 0 Å². The number of benzene rings is 1. The van der Waals surface area contributed by atoms with E-state index in [1.807, 2.05) is 24.3 Å². The van der Waals surface area contributed by atoms with E-state index in [1.165, 1.54) is 5.56 Å². The largest absolute Gasteiger partial charge is 0.113 e. The Morgan fingerprint density at radius 3 is 2.75 bits per heavy atom. The molecule has 0 radical (unpaired) electrons. The SMILES string of the molecule is ClCC#Cc1ccccc1CBr. The standard InChI is InChI=1S/C10H8BrCl/c11-8-10-5-2-1-4-9(10)6-3-7-12/h1-2,4-5H,7-8H2. The highest BCUT2D eigenvalue weighted by Gasteiger charge is 1.94. The zero-order valence-corrected chi connectivity index (χ0v) is 8.82. The van der Waals surface area contributed by atoms with Crippen LogP contribution in [0.5, 0.6) is 0 Å². The van der Waals surface area contributed by atoms with Crippen LogP contribution in [0.15, 0.2) is 24.3 Å². The molecule has 0 atom stereocenters. The molecule has 0 amide bonds. The van der Waals surface area contributed by atoms with Crippen LogP contribution in [-0.2, 0) is 5.33 Å². The number of halogens is 2. The Kier molecular flexibility index (Phi) is 4.21. The lowest BCUT2D eigenvalue weighted by molar-refractivity contribution is 1.40. The zero-order chi connectivity index (χ0) is 8.81. The molecule has 0 fully saturated rings. The van der Waals surface area contributed by atoms with Crippen molar-refractivity contribution < 1.29 is 0 Å². The highest BCUT2D eigenvalue weighted by Crippen LogP contribution is 2.10. The van der Waals surface area contributed by atoms with Crippen molar-refractivity contribution in [1.82, 2.24) is 0 Å². The van der Waals surface area contributed by atoms with Gasteiger partial charge in [-0.3, -0.25) is 0 Å². The molecule has 0 N–H and O–H groups in total. The van der Waals surface area contributed by atoms with Crippen molar-refractivity contribution in [1.29, 1.82) is 0 Å². The fourth-order valence-corrected chi connectivity index (χ4v) is 1.44. The lowest BCUT2D eigenvalue weighted by atomic mass is 10.1. The van der Waals surface area contributed by atoms with Crippen LogP contribution in [0.1, 0.15) is 11.1 Å². The Bertz CT molecular complexity index is 309. The molecule has 0 bridgehead atoms. The molecular weight excluding hydrogens is 235 g/mol. The molecule has 0 heterocycles. The van der Waals surface area contributed by atoms with Crippen LogP contribution in [0.25, 0.3) is 0 Å². The first-order valence-electron chi connectivity index (χ1n) is 3.57. The summed E-state index contributed by atoms with van der Waals surface area (Å²) in [4.78, 5) is 0. The van der Waals surface area contributed by atoms with E-state index in [2.05, 4.69) is 27.8 Å². The average molecular weight is 244 g/mol. The minimum absolute atomic E-state index is 0.386. The van der Waals surface area contributed by atoms with Gasteiger partial charge in [0.25, 0.3) is 0 Å². The van der Waals surface area contributed by atoms with Crippen molar-refractivity contribution in [2.45, 2.75) is 5.33 Å². The van der Waals surface area contributed by atoms with Gasteiger partial charge in [0.05, 0.1) is 5.88 Å². The van der Waals surface area contributed by atoms with Crippen molar-refractivity contribution in [2.75, 3.05) is 5.88 Å². The predicted octanol–water partition coefficient (Wildman–Crippen LogP) is 3.17. The molecule has 62 valence electrons. The second kappa shape index (κ2) is 5.24. The topological polar surface area (TPSA) is 0 Å². The summed E-state index contributed by atoms with van der Waals surface area (Å²) in [6.07, 6.45) is 0. The van der Waals surface area contributed by atoms with E-state index in [-0.39, 0.29) is 0 Å². The molecule has 1 aromatic rings. The number of hydrogen-bond donors (Lipinski definition) is 0. The van der Waals surface area contributed by atoms with Crippen LogP contribution in [-0.4, -0.2) is 5.88 Å². The third kappa shape index (κ3) is 2.55. The first kappa shape index (κ1) is 9.64. The molecule has 0 aliphatic carbocycles. The fraction of sp³-hybridized carbons (Fsp3) is 0.200. The summed E-state index contributed by atoms with van der Waals surface area (Å²) in [7, 11) is 0. The summed E-state index contributed by atoms with van der Waals surface area (Å²) >= 11 is 8.86. The van der Waals surface area contributed by atoms with Gasteiger partial charge in [-0.05, 0) is 11.6 Å². The van der Waals surface area contributed by atoms with Gasteiger partial charge < -0.3 is 0 Å². The Labute approximate surface area is 86.1 Å². The van der Waals surface area contributed by atoms with Crippen LogP contribution in [0.2, 0.25) is 0 Å². The van der Waals surface area contributed by atoms with Gasteiger partial charge in [-0.15, -0.1) is 11.6 Å². The predicted molar refractivity (Wildman–Crippen MR) is 56.7 cm³/mol. The molecular formula is C10H8BrCl. The maximum absolute atomic E-state index is 5.46. The summed E-state index contributed by atoms with van der Waals surface area (Å²) in [5.41, 5.74) is 2.25. The minimum atomic E-state index is 0.386. The molecule has 1 rings (SSSR count). The van der Waals surface area contributed by atoms with Gasteiger partial charge in [-0.2, -0.15) is 0 Å². The molecule has 0 saturated carbocycles. The van der Waals surface area contributed by atoms with Gasteiger partial charge in [0.1, 0.15) is 0 Å². The summed E-state index contributed by atoms with van der Waals surface area (Å²) in [6, 6.07) is 8.02. The number of rotatable bonds is 1. The lowest BCUT2D eigenvalue weighted by Crippen LogP contribution is -1.83. The quantitative estimate of drug-likeness (QED) is 0.525. The van der Waals surface area contributed by atoms with Crippen molar-refractivity contribution in [3.63, 3.8) is 0 Å². The summed E-state index contributed by atoms with van der Waals surface area (Å²) in [5.74, 6) is 6.22. The van der Waals surface area contributed by atoms with E-state index in [0.717, 1.165) is 10.9 Å². The van der Waals surface area contributed by atoms with Crippen LogP contribution >= 0.6 is 27.5 Å². The lowest BCUT2D eigenvalue weighted by Gasteiger charge is -1.97. The van der Waals surface area contributed by atoms with E-state index in [4.69, 9.17) is 11.6 Å². The minimum Gasteiger partial charge on any atom is -0.113 e. The maximum atomic E-state index is 5.46. The van der Waals surface area contributed by atoms with Gasteiger partial charge in [0.2, 0.25) is 0 Å². The first-order chi connectivity index (χ1) is 5.88. The third-order valence-electron chi connectivity index (χ3n) is 1.45. The van der Waals surface area contributed by atoms with E-state index < -0.39 is 0 Å². The second-order valence-electron chi connectivity index (χ2n) is 2.23. The van der Waals surface area contributed by atoms with Crippen LogP contribution in [0, 0.1) is 11.8 Å². The van der Waals surface area contributed by atoms with Crippen LogP contribution in [0.3, 0.4) is 0 Å². The van der Waals surface area contributed by atoms with Gasteiger partial charge in [0, 0.05) is 10.9 Å². The van der Waals surface area contributed by atoms with Crippen LogP contribution < -0.4 is 0 Å². The number of hydrogen-bond acceptors (Lipinski definition) is 0. The monoisotopic (exact) mass is 242 g/mol. The first-order valence-corrected chi connectivity index (χ1v) is 5.22. The van der Waals surface area contributed by atoms with E-state index >= 15 is 0 Å². The van der Waals surface area contributed by atoms with E-state index in [1.54, 1.807) is 0 Å². The summed E-state index contributed by atoms with van der Waals surface area (Å²) in [6.45, 7) is 0. The molecule has 0 nitrogen and oxygen atoms in total. The summed E-state index contributed by atoms with van der Waals surface area (Å²) in [5, 5.41) is 0.833. The van der Waals surface area contributed by atoms with E-state index in [0.29, 0.717) is 5.88 Å². The van der Waals surface area contributed by atoms with Gasteiger partial charge in [0.15, 0.2) is 0 Å². The Morgan fingerprint density at radius 1 is 1.33 bits per heavy atom. The van der Waals surface area contributed by atoms with Crippen molar-refractivity contribution in [3.05, 3.63) is 35.4 Å².